The smallest absolute Gasteiger partial charge is 0.350 e. The van der Waals surface area contributed by atoms with Crippen molar-refractivity contribution in [1.82, 2.24) is 0 Å². The van der Waals surface area contributed by atoms with Crippen LogP contribution in [-0.4, -0.2) is 17.7 Å². The first-order valence-corrected chi connectivity index (χ1v) is 7.70. The molecule has 1 aromatic rings. The summed E-state index contributed by atoms with van der Waals surface area (Å²) in [6, 6.07) is 9.36. The van der Waals surface area contributed by atoms with E-state index < -0.39 is 17.2 Å². The maximum atomic E-state index is 12.8. The Hall–Kier alpha value is -1.39. The van der Waals surface area contributed by atoms with Crippen LogP contribution in [0.1, 0.15) is 53.5 Å². The molecule has 0 saturated carbocycles. The number of esters is 1. The fourth-order valence-electron chi connectivity index (χ4n) is 3.17. The van der Waals surface area contributed by atoms with Gasteiger partial charge in [-0.25, -0.2) is 14.6 Å². The molecule has 0 aromatic heterocycles. The second kappa shape index (κ2) is 5.67. The van der Waals surface area contributed by atoms with Crippen LogP contribution in [0.5, 0.6) is 0 Å². The van der Waals surface area contributed by atoms with Crippen molar-refractivity contribution in [3.05, 3.63) is 35.9 Å². The molecule has 2 rings (SSSR count). The largest absolute Gasteiger partial charge is 0.457 e. The van der Waals surface area contributed by atoms with E-state index in [1.54, 1.807) is 0 Å². The van der Waals surface area contributed by atoms with Gasteiger partial charge in [-0.05, 0) is 32.6 Å². The summed E-state index contributed by atoms with van der Waals surface area (Å²) in [5.41, 5.74) is -0.927. The number of carbonyl (C=O) groups is 1. The molecule has 0 radical (unpaired) electrons. The molecule has 4 nitrogen and oxygen atoms in total. The lowest BCUT2D eigenvalue weighted by molar-refractivity contribution is -0.501. The molecule has 0 spiro atoms. The van der Waals surface area contributed by atoms with Gasteiger partial charge >= 0.3 is 5.97 Å². The van der Waals surface area contributed by atoms with Crippen LogP contribution in [0, 0.1) is 5.41 Å². The van der Waals surface area contributed by atoms with E-state index in [0.717, 1.165) is 12.0 Å². The topological polar surface area (TPSA) is 44.8 Å². The van der Waals surface area contributed by atoms with Crippen LogP contribution in [0.4, 0.5) is 0 Å². The van der Waals surface area contributed by atoms with Gasteiger partial charge in [0, 0.05) is 5.56 Å². The number of hydrogen-bond donors (Lipinski definition) is 0. The molecule has 0 N–H and O–H groups in total. The standard InChI is InChI=1S/C18H26O4/c1-13-18(22-21-13,14-10-8-7-9-11-14)15(19)20-17(5,6)12-16(2,3)4/h7-11,13H,12H2,1-6H3. The summed E-state index contributed by atoms with van der Waals surface area (Å²) in [5.74, 6) is -0.397. The van der Waals surface area contributed by atoms with Crippen molar-refractivity contribution < 1.29 is 19.3 Å². The summed E-state index contributed by atoms with van der Waals surface area (Å²) in [5, 5.41) is 0. The molecule has 2 unspecified atom stereocenters. The minimum absolute atomic E-state index is 0.0618. The lowest BCUT2D eigenvalue weighted by Crippen LogP contribution is -2.59. The van der Waals surface area contributed by atoms with Gasteiger partial charge in [-0.15, -0.1) is 0 Å². The van der Waals surface area contributed by atoms with E-state index in [2.05, 4.69) is 20.8 Å². The Morgan fingerprint density at radius 3 is 2.18 bits per heavy atom. The molecule has 1 heterocycles. The Bertz CT molecular complexity index is 530. The van der Waals surface area contributed by atoms with E-state index in [1.807, 2.05) is 51.1 Å². The molecule has 1 aliphatic heterocycles. The van der Waals surface area contributed by atoms with Crippen LogP contribution >= 0.6 is 0 Å². The van der Waals surface area contributed by atoms with Crippen molar-refractivity contribution >= 4 is 5.97 Å². The van der Waals surface area contributed by atoms with E-state index in [-0.39, 0.29) is 11.5 Å². The summed E-state index contributed by atoms with van der Waals surface area (Å²) in [6.07, 6.45) is 0.374. The van der Waals surface area contributed by atoms with Crippen molar-refractivity contribution in [3.8, 4) is 0 Å². The summed E-state index contributed by atoms with van der Waals surface area (Å²) in [6.45, 7) is 12.1. The summed E-state index contributed by atoms with van der Waals surface area (Å²) >= 11 is 0. The third-order valence-electron chi connectivity index (χ3n) is 3.73. The summed E-state index contributed by atoms with van der Waals surface area (Å²) < 4.78 is 5.80. The highest BCUT2D eigenvalue weighted by molar-refractivity contribution is 5.83. The molecule has 1 aliphatic rings. The van der Waals surface area contributed by atoms with Gasteiger partial charge in [-0.1, -0.05) is 51.1 Å². The lowest BCUT2D eigenvalue weighted by Gasteiger charge is -2.45. The monoisotopic (exact) mass is 306 g/mol. The number of benzene rings is 1. The van der Waals surface area contributed by atoms with Crippen LogP contribution in [0.25, 0.3) is 0 Å². The first-order chi connectivity index (χ1) is 10.1. The Morgan fingerprint density at radius 1 is 1.18 bits per heavy atom. The molecule has 4 heteroatoms. The Kier molecular flexibility index (Phi) is 4.37. The number of rotatable bonds is 4. The van der Waals surface area contributed by atoms with Crippen LogP contribution in [0.3, 0.4) is 0 Å². The Labute approximate surface area is 132 Å². The second-order valence-electron chi connectivity index (χ2n) is 7.81. The molecular formula is C18H26O4. The minimum atomic E-state index is -1.17. The Morgan fingerprint density at radius 2 is 1.77 bits per heavy atom. The van der Waals surface area contributed by atoms with Crippen LogP contribution in [0.15, 0.2) is 30.3 Å². The third-order valence-corrected chi connectivity index (χ3v) is 3.73. The average Bonchev–Trinajstić information content (AvgIpc) is 2.35. The molecule has 1 saturated heterocycles. The summed E-state index contributed by atoms with van der Waals surface area (Å²) in [7, 11) is 0. The molecule has 0 bridgehead atoms. The van der Waals surface area contributed by atoms with Gasteiger partial charge < -0.3 is 4.74 Å². The molecule has 1 aromatic carbocycles. The zero-order valence-electron chi connectivity index (χ0n) is 14.3. The number of carbonyl (C=O) groups excluding carboxylic acids is 1. The van der Waals surface area contributed by atoms with Crippen molar-refractivity contribution in [3.63, 3.8) is 0 Å². The molecule has 0 aliphatic carbocycles. The normalized spacial score (nSPS) is 25.5. The highest BCUT2D eigenvalue weighted by Crippen LogP contribution is 2.43. The minimum Gasteiger partial charge on any atom is -0.457 e. The van der Waals surface area contributed by atoms with Gasteiger partial charge in [0.2, 0.25) is 0 Å². The average molecular weight is 306 g/mol. The van der Waals surface area contributed by atoms with Crippen molar-refractivity contribution in [2.45, 2.75) is 65.3 Å². The molecule has 0 amide bonds. The fraction of sp³-hybridized carbons (Fsp3) is 0.611. The predicted octanol–water partition coefficient (Wildman–Crippen LogP) is 3.99. The van der Waals surface area contributed by atoms with Crippen molar-refractivity contribution in [2.24, 2.45) is 5.41 Å². The predicted molar refractivity (Wildman–Crippen MR) is 84.0 cm³/mol. The Balaban J connectivity index is 2.22. The zero-order valence-corrected chi connectivity index (χ0v) is 14.3. The van der Waals surface area contributed by atoms with E-state index in [4.69, 9.17) is 14.5 Å². The van der Waals surface area contributed by atoms with E-state index >= 15 is 0 Å². The lowest BCUT2D eigenvalue weighted by atomic mass is 9.83. The second-order valence-corrected chi connectivity index (χ2v) is 7.81. The van der Waals surface area contributed by atoms with Crippen LogP contribution < -0.4 is 0 Å². The van der Waals surface area contributed by atoms with Gasteiger partial charge in [0.1, 0.15) is 11.7 Å². The molecule has 2 atom stereocenters. The molecule has 122 valence electrons. The maximum Gasteiger partial charge on any atom is 0.350 e. The molecule has 22 heavy (non-hydrogen) atoms. The van der Waals surface area contributed by atoms with Gasteiger partial charge in [0.05, 0.1) is 0 Å². The highest BCUT2D eigenvalue weighted by Gasteiger charge is 2.59. The highest BCUT2D eigenvalue weighted by atomic mass is 17.3. The van der Waals surface area contributed by atoms with E-state index in [0.29, 0.717) is 0 Å². The number of ether oxygens (including phenoxy) is 1. The van der Waals surface area contributed by atoms with Crippen molar-refractivity contribution in [2.75, 3.05) is 0 Å². The maximum absolute atomic E-state index is 12.8. The van der Waals surface area contributed by atoms with Gasteiger partial charge in [-0.2, -0.15) is 0 Å². The van der Waals surface area contributed by atoms with Crippen molar-refractivity contribution in [1.29, 1.82) is 0 Å². The molecular weight excluding hydrogens is 280 g/mol. The summed E-state index contributed by atoms with van der Waals surface area (Å²) in [4.78, 5) is 23.1. The number of hydrogen-bond acceptors (Lipinski definition) is 4. The van der Waals surface area contributed by atoms with Crippen LogP contribution in [0.2, 0.25) is 0 Å². The van der Waals surface area contributed by atoms with Crippen LogP contribution in [-0.2, 0) is 24.9 Å². The molecule has 1 fully saturated rings. The zero-order chi connectivity index (χ0) is 16.6. The third kappa shape index (κ3) is 3.33. The first-order valence-electron chi connectivity index (χ1n) is 7.70. The van der Waals surface area contributed by atoms with Gasteiger partial charge in [-0.3, -0.25) is 0 Å². The first kappa shape index (κ1) is 17.0. The quantitative estimate of drug-likeness (QED) is 0.623. The van der Waals surface area contributed by atoms with E-state index in [9.17, 15) is 4.79 Å². The van der Waals surface area contributed by atoms with E-state index in [1.165, 1.54) is 0 Å². The van der Waals surface area contributed by atoms with Gasteiger partial charge in [0.15, 0.2) is 0 Å². The SMILES string of the molecule is CC1OOC1(C(=O)OC(C)(C)CC(C)(C)C)c1ccccc1. The fourth-order valence-corrected chi connectivity index (χ4v) is 3.17. The van der Waals surface area contributed by atoms with Gasteiger partial charge in [0.25, 0.3) is 5.60 Å².